The molecule has 1 N–H and O–H groups in total. The number of hydrogen-bond acceptors (Lipinski definition) is 4. The van der Waals surface area contributed by atoms with Gasteiger partial charge in [0.1, 0.15) is 23.1 Å². The second-order valence-corrected chi connectivity index (χ2v) is 5.50. The van der Waals surface area contributed by atoms with Gasteiger partial charge in [-0.1, -0.05) is 25.1 Å². The van der Waals surface area contributed by atoms with Crippen molar-refractivity contribution in [2.24, 2.45) is 0 Å². The number of hydrogen-bond donors (Lipinski definition) is 1. The molecular weight excluding hydrogens is 344 g/mol. The molecule has 2 aromatic carbocycles. The minimum absolute atomic E-state index is 0.392. The lowest BCUT2D eigenvalue weighted by Gasteiger charge is -2.14. The molecule has 2 rings (SSSR count). The molecule has 1 amide bonds. The predicted molar refractivity (Wildman–Crippen MR) is 91.9 cm³/mol. The Kier molecular flexibility index (Phi) is 6.66. The van der Waals surface area contributed by atoms with Gasteiger partial charge in [0, 0.05) is 0 Å². The monoisotopic (exact) mass is 363 g/mol. The van der Waals surface area contributed by atoms with Crippen molar-refractivity contribution in [3.05, 3.63) is 59.7 Å². The number of anilines is 1. The normalized spacial score (nSPS) is 11.5. The van der Waals surface area contributed by atoms with E-state index < -0.39 is 41.9 Å². The summed E-state index contributed by atoms with van der Waals surface area (Å²) >= 11 is 0. The maximum Gasteiger partial charge on any atom is 0.344 e. The molecule has 0 aliphatic heterocycles. The van der Waals surface area contributed by atoms with Gasteiger partial charge in [0.2, 0.25) is 0 Å². The van der Waals surface area contributed by atoms with E-state index in [1.165, 1.54) is 13.0 Å². The van der Waals surface area contributed by atoms with Crippen molar-refractivity contribution < 1.29 is 27.8 Å². The van der Waals surface area contributed by atoms with Crippen LogP contribution < -0.4 is 10.1 Å². The summed E-state index contributed by atoms with van der Waals surface area (Å²) in [6.07, 6.45) is -0.357. The zero-order chi connectivity index (χ0) is 19.1. The number of halogens is 2. The van der Waals surface area contributed by atoms with E-state index in [4.69, 9.17) is 9.47 Å². The molecule has 138 valence electrons. The van der Waals surface area contributed by atoms with Crippen LogP contribution in [0.5, 0.6) is 5.75 Å². The van der Waals surface area contributed by atoms with Gasteiger partial charge in [-0.05, 0) is 43.2 Å². The molecule has 0 saturated heterocycles. The van der Waals surface area contributed by atoms with Crippen LogP contribution in [0.15, 0.2) is 42.5 Å². The number of nitrogens with one attached hydrogen (secondary N) is 1. The molecule has 1 unspecified atom stereocenters. The van der Waals surface area contributed by atoms with Crippen LogP contribution in [0.2, 0.25) is 0 Å². The minimum atomic E-state index is -1.24. The number of ether oxygens (including phenoxy) is 2. The molecule has 0 spiro atoms. The van der Waals surface area contributed by atoms with Crippen molar-refractivity contribution in [1.29, 1.82) is 0 Å². The van der Waals surface area contributed by atoms with Crippen LogP contribution >= 0.6 is 0 Å². The van der Waals surface area contributed by atoms with Crippen molar-refractivity contribution in [2.75, 3.05) is 11.9 Å². The second kappa shape index (κ2) is 8.94. The fourth-order valence-electron chi connectivity index (χ4n) is 2.09. The lowest BCUT2D eigenvalue weighted by molar-refractivity contribution is -0.155. The topological polar surface area (TPSA) is 64.6 Å². The summed E-state index contributed by atoms with van der Waals surface area (Å²) in [5.41, 5.74) is 0.540. The van der Waals surface area contributed by atoms with Gasteiger partial charge >= 0.3 is 5.97 Å². The van der Waals surface area contributed by atoms with E-state index in [9.17, 15) is 18.4 Å². The van der Waals surface area contributed by atoms with Gasteiger partial charge in [0.25, 0.3) is 5.91 Å². The Labute approximate surface area is 149 Å². The number of amides is 1. The highest BCUT2D eigenvalue weighted by atomic mass is 19.1. The highest BCUT2D eigenvalue weighted by molar-refractivity contribution is 5.95. The molecule has 2 aromatic rings. The molecule has 0 saturated carbocycles. The van der Waals surface area contributed by atoms with Gasteiger partial charge in [0.15, 0.2) is 12.7 Å². The van der Waals surface area contributed by atoms with Crippen LogP contribution in [-0.2, 0) is 20.7 Å². The SMILES string of the molecule is CCc1ccc(OCC(=O)OC(C)C(=O)Nc2c(F)cccc2F)cc1. The lowest BCUT2D eigenvalue weighted by Crippen LogP contribution is -2.32. The third kappa shape index (κ3) is 5.27. The summed E-state index contributed by atoms with van der Waals surface area (Å²) < 4.78 is 37.2. The zero-order valence-corrected chi connectivity index (χ0v) is 14.4. The molecule has 0 aromatic heterocycles. The van der Waals surface area contributed by atoms with Gasteiger partial charge < -0.3 is 14.8 Å². The molecule has 0 aliphatic carbocycles. The van der Waals surface area contributed by atoms with Crippen LogP contribution in [0.1, 0.15) is 19.4 Å². The fourth-order valence-corrected chi connectivity index (χ4v) is 2.09. The first kappa shape index (κ1) is 19.4. The number of aryl methyl sites for hydroxylation is 1. The average Bonchev–Trinajstić information content (AvgIpc) is 2.63. The first-order valence-electron chi connectivity index (χ1n) is 8.06. The summed E-state index contributed by atoms with van der Waals surface area (Å²) in [7, 11) is 0. The molecular formula is C19H19F2NO4. The van der Waals surface area contributed by atoms with Crippen LogP contribution in [0.3, 0.4) is 0 Å². The fraction of sp³-hybridized carbons (Fsp3) is 0.263. The van der Waals surface area contributed by atoms with Gasteiger partial charge in [-0.15, -0.1) is 0 Å². The maximum atomic E-state index is 13.5. The van der Waals surface area contributed by atoms with E-state index in [2.05, 4.69) is 5.32 Å². The quantitative estimate of drug-likeness (QED) is 0.765. The van der Waals surface area contributed by atoms with Gasteiger partial charge in [0.05, 0.1) is 0 Å². The number of carbonyl (C=O) groups is 2. The molecule has 0 heterocycles. The summed E-state index contributed by atoms with van der Waals surface area (Å²) in [5, 5.41) is 2.06. The average molecular weight is 363 g/mol. The molecule has 0 fully saturated rings. The molecule has 0 bridgehead atoms. The molecule has 7 heteroatoms. The number of rotatable bonds is 7. The highest BCUT2D eigenvalue weighted by Gasteiger charge is 2.21. The van der Waals surface area contributed by atoms with E-state index in [0.717, 1.165) is 24.1 Å². The van der Waals surface area contributed by atoms with Crippen LogP contribution in [0.25, 0.3) is 0 Å². The van der Waals surface area contributed by atoms with Crippen LogP contribution in [-0.4, -0.2) is 24.6 Å². The molecule has 0 aliphatic rings. The third-order valence-corrected chi connectivity index (χ3v) is 3.58. The molecule has 26 heavy (non-hydrogen) atoms. The van der Waals surface area contributed by atoms with Crippen molar-refractivity contribution in [3.8, 4) is 5.75 Å². The van der Waals surface area contributed by atoms with Gasteiger partial charge in [-0.25, -0.2) is 13.6 Å². The zero-order valence-electron chi connectivity index (χ0n) is 14.4. The molecule has 0 radical (unpaired) electrons. The van der Waals surface area contributed by atoms with Crippen LogP contribution in [0.4, 0.5) is 14.5 Å². The second-order valence-electron chi connectivity index (χ2n) is 5.50. The summed E-state index contributed by atoms with van der Waals surface area (Å²) in [6, 6.07) is 10.4. The van der Waals surface area contributed by atoms with E-state index in [0.29, 0.717) is 5.75 Å². The Balaban J connectivity index is 1.84. The Morgan fingerprint density at radius 1 is 1.08 bits per heavy atom. The van der Waals surface area contributed by atoms with E-state index in [-0.39, 0.29) is 0 Å². The van der Waals surface area contributed by atoms with E-state index in [1.807, 2.05) is 19.1 Å². The number of carbonyl (C=O) groups excluding carboxylic acids is 2. The third-order valence-electron chi connectivity index (χ3n) is 3.58. The lowest BCUT2D eigenvalue weighted by atomic mass is 10.2. The van der Waals surface area contributed by atoms with Crippen LogP contribution in [0, 0.1) is 11.6 Å². The minimum Gasteiger partial charge on any atom is -0.482 e. The number of esters is 1. The first-order chi connectivity index (χ1) is 12.4. The Hall–Kier alpha value is -2.96. The summed E-state index contributed by atoms with van der Waals surface area (Å²) in [4.78, 5) is 23.7. The summed E-state index contributed by atoms with van der Waals surface area (Å²) in [6.45, 7) is 2.92. The van der Waals surface area contributed by atoms with E-state index in [1.54, 1.807) is 12.1 Å². The number of para-hydroxylation sites is 1. The molecule has 1 atom stereocenters. The van der Waals surface area contributed by atoms with Gasteiger partial charge in [-0.2, -0.15) is 0 Å². The largest absolute Gasteiger partial charge is 0.482 e. The standard InChI is InChI=1S/C19H19F2NO4/c1-3-13-7-9-14(10-8-13)25-11-17(23)26-12(2)19(24)22-18-15(20)5-4-6-16(18)21/h4-10,12H,3,11H2,1-2H3,(H,22,24). The highest BCUT2D eigenvalue weighted by Crippen LogP contribution is 2.18. The summed E-state index contributed by atoms with van der Waals surface area (Å²) in [5.74, 6) is -2.98. The number of benzene rings is 2. The first-order valence-corrected chi connectivity index (χ1v) is 8.06. The van der Waals surface area contributed by atoms with Crippen molar-refractivity contribution >= 4 is 17.6 Å². The van der Waals surface area contributed by atoms with Crippen molar-refractivity contribution in [1.82, 2.24) is 0 Å². The van der Waals surface area contributed by atoms with Crippen molar-refractivity contribution in [2.45, 2.75) is 26.4 Å². The van der Waals surface area contributed by atoms with Crippen molar-refractivity contribution in [3.63, 3.8) is 0 Å². The Morgan fingerprint density at radius 2 is 1.69 bits per heavy atom. The predicted octanol–water partition coefficient (Wildman–Crippen LogP) is 3.48. The Bertz CT molecular complexity index is 757. The maximum absolute atomic E-state index is 13.5. The molecule has 5 nitrogen and oxygen atoms in total. The smallest absolute Gasteiger partial charge is 0.344 e. The van der Waals surface area contributed by atoms with E-state index >= 15 is 0 Å². The van der Waals surface area contributed by atoms with Gasteiger partial charge in [-0.3, -0.25) is 4.79 Å². The Morgan fingerprint density at radius 3 is 2.27 bits per heavy atom.